The van der Waals surface area contributed by atoms with Gasteiger partial charge in [-0.05, 0) is 43.2 Å². The summed E-state index contributed by atoms with van der Waals surface area (Å²) in [6.07, 6.45) is 1.76. The van der Waals surface area contributed by atoms with Gasteiger partial charge in [0.25, 0.3) is 0 Å². The van der Waals surface area contributed by atoms with Crippen molar-refractivity contribution in [3.63, 3.8) is 0 Å². The summed E-state index contributed by atoms with van der Waals surface area (Å²) in [6, 6.07) is 9.99. The molecule has 0 spiro atoms. The number of nitrogens with two attached hydrogens (primary N) is 1. The number of benzene rings is 1. The highest BCUT2D eigenvalue weighted by Gasteiger charge is 2.03. The Balaban J connectivity index is 2.55. The quantitative estimate of drug-likeness (QED) is 0.765. The van der Waals surface area contributed by atoms with Crippen molar-refractivity contribution in [1.29, 1.82) is 0 Å². The molecule has 76 valence electrons. The van der Waals surface area contributed by atoms with Crippen molar-refractivity contribution in [2.24, 2.45) is 0 Å². The van der Waals surface area contributed by atoms with Crippen LogP contribution in [0.1, 0.15) is 11.1 Å². The summed E-state index contributed by atoms with van der Waals surface area (Å²) < 4.78 is 0. The molecule has 0 aliphatic heterocycles. The number of nitrogen functional groups attached to an aromatic ring is 1. The van der Waals surface area contributed by atoms with Crippen LogP contribution in [0.3, 0.4) is 0 Å². The zero-order valence-corrected chi connectivity index (χ0v) is 8.99. The van der Waals surface area contributed by atoms with E-state index < -0.39 is 0 Å². The Labute approximate surface area is 89.8 Å². The predicted molar refractivity (Wildman–Crippen MR) is 63.6 cm³/mol. The second kappa shape index (κ2) is 3.73. The van der Waals surface area contributed by atoms with Crippen LogP contribution in [-0.2, 0) is 0 Å². The molecule has 0 fully saturated rings. The van der Waals surface area contributed by atoms with Gasteiger partial charge in [0.1, 0.15) is 0 Å². The van der Waals surface area contributed by atoms with Gasteiger partial charge in [0, 0.05) is 11.8 Å². The van der Waals surface area contributed by atoms with Gasteiger partial charge in [0.05, 0.1) is 11.4 Å². The third-order valence-electron chi connectivity index (χ3n) is 2.62. The SMILES string of the molecule is Cc1ccc(-c2ncccc2N)cc1C. The van der Waals surface area contributed by atoms with Gasteiger partial charge in [0.15, 0.2) is 0 Å². The molecule has 0 saturated carbocycles. The highest BCUT2D eigenvalue weighted by atomic mass is 14.7. The Hall–Kier alpha value is -1.83. The van der Waals surface area contributed by atoms with E-state index in [9.17, 15) is 0 Å². The molecule has 0 saturated heterocycles. The fourth-order valence-electron chi connectivity index (χ4n) is 1.55. The molecule has 0 bridgehead atoms. The van der Waals surface area contributed by atoms with Gasteiger partial charge in [-0.15, -0.1) is 0 Å². The summed E-state index contributed by atoms with van der Waals surface area (Å²) >= 11 is 0. The summed E-state index contributed by atoms with van der Waals surface area (Å²) in [6.45, 7) is 4.19. The molecule has 15 heavy (non-hydrogen) atoms. The zero-order valence-electron chi connectivity index (χ0n) is 8.99. The molecule has 2 heteroatoms. The van der Waals surface area contributed by atoms with Crippen LogP contribution < -0.4 is 5.73 Å². The molecule has 0 aliphatic carbocycles. The van der Waals surface area contributed by atoms with E-state index in [1.165, 1.54) is 11.1 Å². The van der Waals surface area contributed by atoms with Crippen molar-refractivity contribution in [2.45, 2.75) is 13.8 Å². The molecule has 0 radical (unpaired) electrons. The lowest BCUT2D eigenvalue weighted by molar-refractivity contribution is 1.30. The summed E-state index contributed by atoms with van der Waals surface area (Å²) in [4.78, 5) is 4.29. The Morgan fingerprint density at radius 3 is 2.53 bits per heavy atom. The van der Waals surface area contributed by atoms with E-state index in [2.05, 4.69) is 37.0 Å². The molecule has 0 aliphatic rings. The summed E-state index contributed by atoms with van der Waals surface area (Å²) in [7, 11) is 0. The van der Waals surface area contributed by atoms with Gasteiger partial charge in [-0.25, -0.2) is 0 Å². The van der Waals surface area contributed by atoms with Crippen LogP contribution in [-0.4, -0.2) is 4.98 Å². The molecule has 2 N–H and O–H groups in total. The molecular formula is C13H14N2. The first kappa shape index (κ1) is 9.71. The van der Waals surface area contributed by atoms with Gasteiger partial charge in [-0.2, -0.15) is 0 Å². The van der Waals surface area contributed by atoms with E-state index in [0.717, 1.165) is 16.9 Å². The lowest BCUT2D eigenvalue weighted by Crippen LogP contribution is -1.93. The number of hydrogen-bond acceptors (Lipinski definition) is 2. The third kappa shape index (κ3) is 1.84. The van der Waals surface area contributed by atoms with E-state index in [0.29, 0.717) is 0 Å². The van der Waals surface area contributed by atoms with Crippen LogP contribution in [0.5, 0.6) is 0 Å². The zero-order chi connectivity index (χ0) is 10.8. The fourth-order valence-corrected chi connectivity index (χ4v) is 1.55. The average molecular weight is 198 g/mol. The van der Waals surface area contributed by atoms with Crippen molar-refractivity contribution in [3.8, 4) is 11.3 Å². The summed E-state index contributed by atoms with van der Waals surface area (Å²) in [5.41, 5.74) is 11.1. The second-order valence-electron chi connectivity index (χ2n) is 3.74. The molecule has 2 rings (SSSR count). The van der Waals surface area contributed by atoms with Crippen LogP contribution in [0.25, 0.3) is 11.3 Å². The lowest BCUT2D eigenvalue weighted by atomic mass is 10.0. The Morgan fingerprint density at radius 2 is 1.87 bits per heavy atom. The summed E-state index contributed by atoms with van der Waals surface area (Å²) in [5, 5.41) is 0. The number of nitrogens with zero attached hydrogens (tertiary/aromatic N) is 1. The fraction of sp³-hybridized carbons (Fsp3) is 0.154. The van der Waals surface area contributed by atoms with Gasteiger partial charge >= 0.3 is 0 Å². The van der Waals surface area contributed by atoms with Crippen molar-refractivity contribution >= 4 is 5.69 Å². The predicted octanol–water partition coefficient (Wildman–Crippen LogP) is 2.95. The van der Waals surface area contributed by atoms with Crippen molar-refractivity contribution in [1.82, 2.24) is 4.98 Å². The third-order valence-corrected chi connectivity index (χ3v) is 2.62. The van der Waals surface area contributed by atoms with Crippen LogP contribution in [0.15, 0.2) is 36.5 Å². The minimum Gasteiger partial charge on any atom is -0.397 e. The number of aryl methyl sites for hydroxylation is 2. The Kier molecular flexibility index (Phi) is 2.42. The minimum atomic E-state index is 0.723. The monoisotopic (exact) mass is 198 g/mol. The largest absolute Gasteiger partial charge is 0.397 e. The first-order valence-corrected chi connectivity index (χ1v) is 4.96. The molecule has 1 aromatic carbocycles. The second-order valence-corrected chi connectivity index (χ2v) is 3.74. The molecule has 2 nitrogen and oxygen atoms in total. The molecule has 0 atom stereocenters. The molecule has 1 heterocycles. The number of aromatic nitrogens is 1. The highest BCUT2D eigenvalue weighted by Crippen LogP contribution is 2.24. The van der Waals surface area contributed by atoms with E-state index >= 15 is 0 Å². The molecular weight excluding hydrogens is 184 g/mol. The van der Waals surface area contributed by atoms with Gasteiger partial charge in [-0.1, -0.05) is 12.1 Å². The van der Waals surface area contributed by atoms with Crippen LogP contribution in [0.4, 0.5) is 5.69 Å². The van der Waals surface area contributed by atoms with E-state index in [1.54, 1.807) is 6.20 Å². The standard InChI is InChI=1S/C13H14N2/c1-9-5-6-11(8-10(9)2)13-12(14)4-3-7-15-13/h3-8H,14H2,1-2H3. The van der Waals surface area contributed by atoms with Crippen LogP contribution in [0.2, 0.25) is 0 Å². The van der Waals surface area contributed by atoms with E-state index in [4.69, 9.17) is 5.73 Å². The molecule has 1 aromatic heterocycles. The average Bonchev–Trinajstić information content (AvgIpc) is 2.23. The summed E-state index contributed by atoms with van der Waals surface area (Å²) in [5.74, 6) is 0. The normalized spacial score (nSPS) is 10.3. The molecule has 0 amide bonds. The maximum absolute atomic E-state index is 5.88. The topological polar surface area (TPSA) is 38.9 Å². The molecule has 0 unspecified atom stereocenters. The number of hydrogen-bond donors (Lipinski definition) is 1. The van der Waals surface area contributed by atoms with Crippen LogP contribution >= 0.6 is 0 Å². The lowest BCUT2D eigenvalue weighted by Gasteiger charge is -2.06. The maximum Gasteiger partial charge on any atom is 0.0931 e. The van der Waals surface area contributed by atoms with Gasteiger partial charge in [0.2, 0.25) is 0 Å². The van der Waals surface area contributed by atoms with Crippen molar-refractivity contribution < 1.29 is 0 Å². The number of anilines is 1. The van der Waals surface area contributed by atoms with E-state index in [-0.39, 0.29) is 0 Å². The van der Waals surface area contributed by atoms with E-state index in [1.807, 2.05) is 12.1 Å². The molecule has 2 aromatic rings. The maximum atomic E-state index is 5.88. The van der Waals surface area contributed by atoms with Crippen molar-refractivity contribution in [3.05, 3.63) is 47.7 Å². The minimum absolute atomic E-state index is 0.723. The Bertz CT molecular complexity index is 490. The Morgan fingerprint density at radius 1 is 1.07 bits per heavy atom. The first-order chi connectivity index (χ1) is 7.18. The number of pyridine rings is 1. The van der Waals surface area contributed by atoms with Crippen molar-refractivity contribution in [2.75, 3.05) is 5.73 Å². The van der Waals surface area contributed by atoms with Crippen LogP contribution in [0, 0.1) is 13.8 Å². The first-order valence-electron chi connectivity index (χ1n) is 4.96. The smallest absolute Gasteiger partial charge is 0.0931 e. The number of rotatable bonds is 1. The highest BCUT2D eigenvalue weighted by molar-refractivity contribution is 5.72. The van der Waals surface area contributed by atoms with Gasteiger partial charge in [-0.3, -0.25) is 4.98 Å². The van der Waals surface area contributed by atoms with Gasteiger partial charge < -0.3 is 5.73 Å².